The third-order valence-corrected chi connectivity index (χ3v) is 12.5. The average molecular weight is 537 g/mol. The minimum atomic E-state index is -2.30. The second-order valence-corrected chi connectivity index (χ2v) is 16.5. The number of benzene rings is 3. The maximum Gasteiger partial charge on any atom is 0.194 e. The molecule has 0 spiro atoms. The molecule has 0 saturated heterocycles. The van der Waals surface area contributed by atoms with E-state index in [0.29, 0.717) is 29.7 Å². The Morgan fingerprint density at radius 3 is 2.24 bits per heavy atom. The second-order valence-electron chi connectivity index (χ2n) is 11.8. The first-order chi connectivity index (χ1) is 17.8. The van der Waals surface area contributed by atoms with Crippen LogP contribution in [0.5, 0.6) is 17.2 Å². The number of phenolic OH excluding ortho intramolecular Hbond substituents is 1. The summed E-state index contributed by atoms with van der Waals surface area (Å²) in [7, 11) is 0.943. The predicted octanol–water partition coefficient (Wildman–Crippen LogP) is 7.41. The fourth-order valence-electron chi connectivity index (χ4n) is 5.03. The molecule has 3 aromatic carbocycles. The van der Waals surface area contributed by atoms with Crippen molar-refractivity contribution in [3.05, 3.63) is 64.2 Å². The maximum atomic E-state index is 14.0. The van der Waals surface area contributed by atoms with Gasteiger partial charge in [0.2, 0.25) is 0 Å². The van der Waals surface area contributed by atoms with Gasteiger partial charge in [-0.3, -0.25) is 4.79 Å². The highest BCUT2D eigenvalue weighted by Crippen LogP contribution is 2.51. The average Bonchev–Trinajstić information content (AvgIpc) is 2.84. The summed E-state index contributed by atoms with van der Waals surface area (Å²) < 4.78 is 24.4. The zero-order valence-corrected chi connectivity index (χ0v) is 25.0. The first-order valence-corrected chi connectivity index (χ1v) is 16.0. The number of carbonyl (C=O) groups is 1. The van der Waals surface area contributed by atoms with Crippen LogP contribution >= 0.6 is 0 Å². The van der Waals surface area contributed by atoms with Crippen molar-refractivity contribution in [1.82, 2.24) is 0 Å². The number of hydrogen-bond donors (Lipinski definition) is 1. The summed E-state index contributed by atoms with van der Waals surface area (Å²) >= 11 is 0. The van der Waals surface area contributed by atoms with Gasteiger partial charge in [-0.1, -0.05) is 44.5 Å². The first kappa shape index (κ1) is 28.1. The molecule has 0 amide bonds. The number of rotatable bonds is 7. The summed E-state index contributed by atoms with van der Waals surface area (Å²) in [5, 5.41) is 12.9. The van der Waals surface area contributed by atoms with E-state index in [1.807, 2.05) is 50.2 Å². The van der Waals surface area contributed by atoms with Gasteiger partial charge in [-0.2, -0.15) is 0 Å². The molecule has 4 rings (SSSR count). The number of hydrogen-bond acceptors (Lipinski definition) is 6. The summed E-state index contributed by atoms with van der Waals surface area (Å²) in [6.45, 7) is 15.0. The molecule has 6 nitrogen and oxygen atoms in total. The summed E-state index contributed by atoms with van der Waals surface area (Å²) in [5.74, 6) is 1.10. The van der Waals surface area contributed by atoms with E-state index in [0.717, 1.165) is 27.8 Å². The lowest BCUT2D eigenvalue weighted by Crippen LogP contribution is -2.47. The molecule has 0 fully saturated rings. The molecule has 0 unspecified atom stereocenters. The number of phenols is 1. The Bertz CT molecular complexity index is 1350. The molecule has 0 aromatic heterocycles. The minimum absolute atomic E-state index is 0.0279. The topological polar surface area (TPSA) is 74.2 Å². The molecule has 3 aromatic rings. The van der Waals surface area contributed by atoms with E-state index in [-0.39, 0.29) is 22.1 Å². The lowest BCUT2D eigenvalue weighted by Gasteiger charge is -2.41. The minimum Gasteiger partial charge on any atom is -0.507 e. The Labute approximate surface area is 227 Å². The fourth-order valence-corrected chi connectivity index (χ4v) is 6.30. The number of fused-ring (bicyclic) bond motifs is 2. The summed E-state index contributed by atoms with van der Waals surface area (Å²) in [4.78, 5) is 14.0. The van der Waals surface area contributed by atoms with Crippen LogP contribution in [0.1, 0.15) is 65.9 Å². The molecule has 204 valence electrons. The summed E-state index contributed by atoms with van der Waals surface area (Å²) in [6, 6.07) is 11.7. The quantitative estimate of drug-likeness (QED) is 0.317. The lowest BCUT2D eigenvalue weighted by atomic mass is 9.82. The largest absolute Gasteiger partial charge is 0.507 e. The van der Waals surface area contributed by atoms with Crippen LogP contribution in [0.15, 0.2) is 36.4 Å². The number of ether oxygens (including phenoxy) is 3. The summed E-state index contributed by atoms with van der Waals surface area (Å²) in [5.41, 5.74) is 3.74. The SMILES string of the molecule is COc1ccc(CO[C@H]2C[C@H](O[Si](C)(C)C(C)(C)C)C(=O)c3c2c(OC)c2cc(C)cc(C)c2c3O)cc1. The molecule has 38 heavy (non-hydrogen) atoms. The van der Waals surface area contributed by atoms with Gasteiger partial charge in [0, 0.05) is 22.8 Å². The van der Waals surface area contributed by atoms with E-state index >= 15 is 0 Å². The third-order valence-electron chi connectivity index (χ3n) is 8.06. The molecule has 7 heteroatoms. The normalized spacial score (nSPS) is 18.0. The first-order valence-electron chi connectivity index (χ1n) is 13.1. The van der Waals surface area contributed by atoms with Crippen LogP contribution in [0.25, 0.3) is 10.8 Å². The van der Waals surface area contributed by atoms with Crippen LogP contribution in [0.3, 0.4) is 0 Å². The number of methoxy groups -OCH3 is 2. The highest BCUT2D eigenvalue weighted by Gasteiger charge is 2.46. The van der Waals surface area contributed by atoms with Gasteiger partial charge in [0.25, 0.3) is 0 Å². The van der Waals surface area contributed by atoms with Crippen molar-refractivity contribution in [2.24, 2.45) is 0 Å². The predicted molar refractivity (Wildman–Crippen MR) is 153 cm³/mol. The van der Waals surface area contributed by atoms with Crippen molar-refractivity contribution in [2.75, 3.05) is 14.2 Å². The Morgan fingerprint density at radius 2 is 1.66 bits per heavy atom. The molecule has 0 aliphatic heterocycles. The van der Waals surface area contributed by atoms with Crippen LogP contribution in [-0.2, 0) is 15.8 Å². The maximum absolute atomic E-state index is 14.0. The molecule has 0 heterocycles. The Kier molecular flexibility index (Phi) is 7.67. The van der Waals surface area contributed by atoms with Gasteiger partial charge in [-0.05, 0) is 61.3 Å². The van der Waals surface area contributed by atoms with E-state index in [9.17, 15) is 9.90 Å². The number of aromatic hydroxyl groups is 1. The number of carbonyl (C=O) groups excluding carboxylic acids is 1. The molecule has 2 atom stereocenters. The fraction of sp³-hybridized carbons (Fsp3) is 0.452. The van der Waals surface area contributed by atoms with Gasteiger partial charge >= 0.3 is 0 Å². The Balaban J connectivity index is 1.86. The third kappa shape index (κ3) is 5.07. The van der Waals surface area contributed by atoms with Crippen LogP contribution in [0, 0.1) is 13.8 Å². The monoisotopic (exact) mass is 536 g/mol. The van der Waals surface area contributed by atoms with Crippen molar-refractivity contribution < 1.29 is 28.5 Å². The molecule has 1 aliphatic carbocycles. The van der Waals surface area contributed by atoms with E-state index in [1.54, 1.807) is 14.2 Å². The van der Waals surface area contributed by atoms with Crippen molar-refractivity contribution in [3.8, 4) is 17.2 Å². The highest BCUT2D eigenvalue weighted by atomic mass is 28.4. The van der Waals surface area contributed by atoms with Gasteiger partial charge < -0.3 is 23.7 Å². The standard InChI is InChI=1S/C31H40O6Si/c1-18-14-19(2)25-22(15-18)30(35-7)26-23(36-17-20-10-12-21(34-6)13-11-20)16-24(28(32)27(26)29(25)33)37-38(8,9)31(3,4)5/h10-15,23-24,33H,16-17H2,1-9H3/t23-,24-/m0/s1. The van der Waals surface area contributed by atoms with Gasteiger partial charge in [-0.25, -0.2) is 0 Å². The van der Waals surface area contributed by atoms with Crippen LogP contribution in [0.4, 0.5) is 0 Å². The van der Waals surface area contributed by atoms with E-state index in [1.165, 1.54) is 0 Å². The molecule has 0 radical (unpaired) electrons. The lowest BCUT2D eigenvalue weighted by molar-refractivity contribution is -0.000515. The summed E-state index contributed by atoms with van der Waals surface area (Å²) in [6.07, 6.45) is -0.880. The number of ketones is 1. The molecular weight excluding hydrogens is 496 g/mol. The molecule has 1 aliphatic rings. The van der Waals surface area contributed by atoms with Gasteiger partial charge in [0.15, 0.2) is 14.1 Å². The van der Waals surface area contributed by atoms with Crippen molar-refractivity contribution in [3.63, 3.8) is 0 Å². The molecule has 1 N–H and O–H groups in total. The van der Waals surface area contributed by atoms with Crippen molar-refractivity contribution in [1.29, 1.82) is 0 Å². The molecule has 0 saturated carbocycles. The van der Waals surface area contributed by atoms with E-state index in [2.05, 4.69) is 33.9 Å². The van der Waals surface area contributed by atoms with Gasteiger partial charge in [-0.15, -0.1) is 0 Å². The van der Waals surface area contributed by atoms with Gasteiger partial charge in [0.1, 0.15) is 23.4 Å². The molecule has 0 bridgehead atoms. The van der Waals surface area contributed by atoms with Crippen LogP contribution in [-0.4, -0.2) is 39.5 Å². The highest BCUT2D eigenvalue weighted by molar-refractivity contribution is 6.74. The Hall–Kier alpha value is -2.87. The van der Waals surface area contributed by atoms with Crippen LogP contribution < -0.4 is 9.47 Å². The second kappa shape index (κ2) is 10.4. The zero-order chi connectivity index (χ0) is 28.0. The van der Waals surface area contributed by atoms with Crippen molar-refractivity contribution in [2.45, 2.75) is 78.0 Å². The van der Waals surface area contributed by atoms with E-state index < -0.39 is 20.5 Å². The smallest absolute Gasteiger partial charge is 0.194 e. The zero-order valence-electron chi connectivity index (χ0n) is 24.0. The Morgan fingerprint density at radius 1 is 1.00 bits per heavy atom. The van der Waals surface area contributed by atoms with Gasteiger partial charge in [0.05, 0.1) is 32.5 Å². The number of aryl methyl sites for hydroxylation is 2. The van der Waals surface area contributed by atoms with Crippen molar-refractivity contribution >= 4 is 24.9 Å². The number of Topliss-reactive ketones (excluding diaryl/α,β-unsaturated/α-hetero) is 1. The molecular formula is C31H40O6Si. The van der Waals surface area contributed by atoms with Crippen LogP contribution in [0.2, 0.25) is 18.1 Å². The van der Waals surface area contributed by atoms with E-state index in [4.69, 9.17) is 18.6 Å².